The number of likely N-dealkylation sites (tertiary alicyclic amines) is 1. The van der Waals surface area contributed by atoms with Crippen LogP contribution in [0.3, 0.4) is 0 Å². The summed E-state index contributed by atoms with van der Waals surface area (Å²) in [6.07, 6.45) is 2.23. The van der Waals surface area contributed by atoms with E-state index in [1.165, 1.54) is 17.0 Å². The molecule has 3 amide bonds. The van der Waals surface area contributed by atoms with Gasteiger partial charge >= 0.3 is 12.1 Å². The lowest BCUT2D eigenvalue weighted by atomic mass is 10.1. The number of nitrogens with one attached hydrogen (secondary N) is 2. The number of urea groups is 1. The van der Waals surface area contributed by atoms with E-state index in [4.69, 9.17) is 4.74 Å². The van der Waals surface area contributed by atoms with Crippen molar-refractivity contribution in [1.82, 2.24) is 15.5 Å². The number of halogens is 1. The van der Waals surface area contributed by atoms with E-state index in [2.05, 4.69) is 34.9 Å². The zero-order valence-corrected chi connectivity index (χ0v) is 20.9. The Labute approximate surface area is 205 Å². The SMILES string of the molecule is CC(C)(C)OC(=O)NCCc1ccc(SC2CCN(C(=O)NCc3ccc(F)cc3)CC2)cc1. The molecule has 0 bridgehead atoms. The molecule has 0 spiro atoms. The molecule has 1 fully saturated rings. The topological polar surface area (TPSA) is 70.7 Å². The second kappa shape index (κ2) is 12.1. The molecule has 0 aliphatic carbocycles. The van der Waals surface area contributed by atoms with Crippen molar-refractivity contribution in [3.63, 3.8) is 0 Å². The lowest BCUT2D eigenvalue weighted by Crippen LogP contribution is -2.44. The van der Waals surface area contributed by atoms with Crippen LogP contribution in [-0.4, -0.2) is 47.5 Å². The summed E-state index contributed by atoms with van der Waals surface area (Å²) in [5.41, 5.74) is 1.55. The van der Waals surface area contributed by atoms with Gasteiger partial charge in [0.25, 0.3) is 0 Å². The molecule has 0 saturated carbocycles. The zero-order chi connectivity index (χ0) is 24.6. The van der Waals surface area contributed by atoms with Crippen molar-refractivity contribution in [3.05, 3.63) is 65.5 Å². The average molecular weight is 488 g/mol. The van der Waals surface area contributed by atoms with Crippen LogP contribution in [0.2, 0.25) is 0 Å². The van der Waals surface area contributed by atoms with Crippen molar-refractivity contribution in [2.45, 2.75) is 62.3 Å². The van der Waals surface area contributed by atoms with E-state index in [0.717, 1.165) is 43.5 Å². The molecule has 0 radical (unpaired) electrons. The maximum Gasteiger partial charge on any atom is 0.407 e. The molecule has 0 atom stereocenters. The molecule has 0 aromatic heterocycles. The van der Waals surface area contributed by atoms with E-state index < -0.39 is 11.7 Å². The number of carbonyl (C=O) groups is 2. The first-order chi connectivity index (χ1) is 16.2. The van der Waals surface area contributed by atoms with Crippen LogP contribution in [0.15, 0.2) is 53.4 Å². The van der Waals surface area contributed by atoms with Crippen LogP contribution >= 0.6 is 11.8 Å². The second-order valence-corrected chi connectivity index (χ2v) is 10.8. The van der Waals surface area contributed by atoms with Gasteiger partial charge in [0.15, 0.2) is 0 Å². The third-order valence-corrected chi connectivity index (χ3v) is 6.74. The van der Waals surface area contributed by atoms with Gasteiger partial charge in [0.1, 0.15) is 11.4 Å². The number of carbonyl (C=O) groups excluding carboxylic acids is 2. The summed E-state index contributed by atoms with van der Waals surface area (Å²) in [5, 5.41) is 6.17. The third kappa shape index (κ3) is 8.89. The summed E-state index contributed by atoms with van der Waals surface area (Å²) in [4.78, 5) is 27.2. The molecule has 2 aromatic carbocycles. The molecule has 2 N–H and O–H groups in total. The van der Waals surface area contributed by atoms with Gasteiger partial charge in [0.2, 0.25) is 0 Å². The number of ether oxygens (including phenoxy) is 1. The van der Waals surface area contributed by atoms with Crippen LogP contribution in [0.5, 0.6) is 0 Å². The number of thioether (sulfide) groups is 1. The van der Waals surface area contributed by atoms with E-state index in [1.807, 2.05) is 37.4 Å². The Hall–Kier alpha value is -2.74. The largest absolute Gasteiger partial charge is 0.444 e. The minimum Gasteiger partial charge on any atom is -0.444 e. The minimum atomic E-state index is -0.493. The predicted octanol–water partition coefficient (Wildman–Crippen LogP) is 5.36. The Morgan fingerprint density at radius 2 is 1.62 bits per heavy atom. The first kappa shape index (κ1) is 25.9. The second-order valence-electron chi connectivity index (χ2n) is 9.41. The number of hydrogen-bond acceptors (Lipinski definition) is 4. The summed E-state index contributed by atoms with van der Waals surface area (Å²) in [7, 11) is 0. The van der Waals surface area contributed by atoms with Gasteiger partial charge < -0.3 is 20.3 Å². The van der Waals surface area contributed by atoms with Gasteiger partial charge in [-0.1, -0.05) is 24.3 Å². The maximum absolute atomic E-state index is 13.0. The molecule has 6 nitrogen and oxygen atoms in total. The molecule has 8 heteroatoms. The van der Waals surface area contributed by atoms with Crippen molar-refractivity contribution in [2.24, 2.45) is 0 Å². The summed E-state index contributed by atoms with van der Waals surface area (Å²) < 4.78 is 18.2. The molecule has 34 heavy (non-hydrogen) atoms. The number of piperidine rings is 1. The van der Waals surface area contributed by atoms with Crippen molar-refractivity contribution >= 4 is 23.9 Å². The lowest BCUT2D eigenvalue weighted by molar-refractivity contribution is 0.0528. The predicted molar refractivity (Wildman–Crippen MR) is 133 cm³/mol. The molecule has 1 aliphatic heterocycles. The average Bonchev–Trinajstić information content (AvgIpc) is 2.79. The normalized spacial score (nSPS) is 14.5. The first-order valence-electron chi connectivity index (χ1n) is 11.7. The van der Waals surface area contributed by atoms with Gasteiger partial charge in [-0.2, -0.15) is 0 Å². The van der Waals surface area contributed by atoms with Crippen LogP contribution in [0.1, 0.15) is 44.7 Å². The fourth-order valence-electron chi connectivity index (χ4n) is 3.62. The molecule has 1 saturated heterocycles. The summed E-state index contributed by atoms with van der Waals surface area (Å²) >= 11 is 1.85. The minimum absolute atomic E-state index is 0.0721. The Bertz CT molecular complexity index is 937. The summed E-state index contributed by atoms with van der Waals surface area (Å²) in [6, 6.07) is 14.5. The van der Waals surface area contributed by atoms with E-state index in [1.54, 1.807) is 12.1 Å². The van der Waals surface area contributed by atoms with Gasteiger partial charge in [-0.15, -0.1) is 11.8 Å². The van der Waals surface area contributed by atoms with Crippen molar-refractivity contribution in [3.8, 4) is 0 Å². The van der Waals surface area contributed by atoms with Crippen molar-refractivity contribution < 1.29 is 18.7 Å². The monoisotopic (exact) mass is 487 g/mol. The summed E-state index contributed by atoms with van der Waals surface area (Å²) in [5.74, 6) is -0.278. The number of nitrogens with zero attached hydrogens (tertiary/aromatic N) is 1. The number of benzene rings is 2. The van der Waals surface area contributed by atoms with Gasteiger partial charge in [0, 0.05) is 36.3 Å². The van der Waals surface area contributed by atoms with Crippen molar-refractivity contribution in [1.29, 1.82) is 0 Å². The molecular formula is C26H34FN3O3S. The number of hydrogen-bond donors (Lipinski definition) is 2. The van der Waals surface area contributed by atoms with Gasteiger partial charge in [-0.25, -0.2) is 14.0 Å². The highest BCUT2D eigenvalue weighted by Gasteiger charge is 2.23. The summed E-state index contributed by atoms with van der Waals surface area (Å²) in [6.45, 7) is 7.91. The van der Waals surface area contributed by atoms with E-state index in [-0.39, 0.29) is 11.8 Å². The molecule has 2 aromatic rings. The van der Waals surface area contributed by atoms with Crippen LogP contribution in [-0.2, 0) is 17.7 Å². The molecule has 184 valence electrons. The van der Waals surface area contributed by atoms with E-state index >= 15 is 0 Å². The Morgan fingerprint density at radius 1 is 1.00 bits per heavy atom. The maximum atomic E-state index is 13.0. The molecule has 1 heterocycles. The quantitative estimate of drug-likeness (QED) is 0.552. The highest BCUT2D eigenvalue weighted by Crippen LogP contribution is 2.30. The first-order valence-corrected chi connectivity index (χ1v) is 12.6. The molecule has 3 rings (SSSR count). The van der Waals surface area contributed by atoms with Crippen LogP contribution in [0.4, 0.5) is 14.0 Å². The van der Waals surface area contributed by atoms with E-state index in [9.17, 15) is 14.0 Å². The van der Waals surface area contributed by atoms with Crippen LogP contribution in [0, 0.1) is 5.82 Å². The highest BCUT2D eigenvalue weighted by atomic mass is 32.2. The van der Waals surface area contributed by atoms with E-state index in [0.29, 0.717) is 18.3 Å². The smallest absolute Gasteiger partial charge is 0.407 e. The van der Waals surface area contributed by atoms with Crippen LogP contribution < -0.4 is 10.6 Å². The molecular weight excluding hydrogens is 453 g/mol. The lowest BCUT2D eigenvalue weighted by Gasteiger charge is -2.31. The number of amides is 3. The standard InChI is InChI=1S/C26H34FN3O3S/c1-26(2,3)33-25(32)28-15-12-19-6-10-22(11-7-19)34-23-13-16-30(17-14-23)24(31)29-18-20-4-8-21(27)9-5-20/h4-11,23H,12-18H2,1-3H3,(H,28,32)(H,29,31). The fourth-order valence-corrected chi connectivity index (χ4v) is 4.74. The van der Waals surface area contributed by atoms with Gasteiger partial charge in [-0.3, -0.25) is 0 Å². The van der Waals surface area contributed by atoms with Crippen LogP contribution in [0.25, 0.3) is 0 Å². The number of alkyl carbamates (subject to hydrolysis) is 1. The van der Waals surface area contributed by atoms with Gasteiger partial charge in [-0.05, 0) is 75.4 Å². The Balaban J connectivity index is 1.35. The highest BCUT2D eigenvalue weighted by molar-refractivity contribution is 8.00. The third-order valence-electron chi connectivity index (χ3n) is 5.39. The van der Waals surface area contributed by atoms with Crippen molar-refractivity contribution in [2.75, 3.05) is 19.6 Å². The number of rotatable bonds is 7. The Morgan fingerprint density at radius 3 is 2.24 bits per heavy atom. The molecule has 0 unspecified atom stereocenters. The molecule has 1 aliphatic rings. The Kier molecular flexibility index (Phi) is 9.21. The van der Waals surface area contributed by atoms with Gasteiger partial charge in [0.05, 0.1) is 0 Å². The fraction of sp³-hybridized carbons (Fsp3) is 0.462. The zero-order valence-electron chi connectivity index (χ0n) is 20.1.